The summed E-state index contributed by atoms with van der Waals surface area (Å²) in [7, 11) is 0. The predicted molar refractivity (Wildman–Crippen MR) is 92.9 cm³/mol. The summed E-state index contributed by atoms with van der Waals surface area (Å²) in [5.74, 6) is 0.540. The third-order valence-electron chi connectivity index (χ3n) is 3.75. The Morgan fingerprint density at radius 1 is 0.682 bits per heavy atom. The van der Waals surface area contributed by atoms with Gasteiger partial charge in [0.25, 0.3) is 0 Å². The van der Waals surface area contributed by atoms with Gasteiger partial charge in [0.05, 0.1) is 0 Å². The molecule has 22 heavy (non-hydrogen) atoms. The lowest BCUT2D eigenvalue weighted by molar-refractivity contribution is 0.466. The van der Waals surface area contributed by atoms with Crippen LogP contribution < -0.4 is 0 Å². The fourth-order valence-electron chi connectivity index (χ4n) is 2.59. The summed E-state index contributed by atoms with van der Waals surface area (Å²) < 4.78 is 0.147. The molecule has 2 aromatic carbocycles. The number of phenolic OH excluding ortho intramolecular Hbond substituents is 2. The molecule has 0 heterocycles. The van der Waals surface area contributed by atoms with Gasteiger partial charge in [0.15, 0.2) is 0 Å². The van der Waals surface area contributed by atoms with Gasteiger partial charge >= 0.3 is 0 Å². The zero-order chi connectivity index (χ0) is 16.6. The van der Waals surface area contributed by atoms with E-state index in [4.69, 9.17) is 23.2 Å². The first kappa shape index (κ1) is 16.7. The van der Waals surface area contributed by atoms with Crippen molar-refractivity contribution in [3.8, 4) is 11.5 Å². The lowest BCUT2D eigenvalue weighted by Gasteiger charge is -2.14. The second-order valence-corrected chi connectivity index (χ2v) is 6.50. The molecule has 0 saturated carbocycles. The molecule has 0 aromatic heterocycles. The van der Waals surface area contributed by atoms with Crippen LogP contribution in [0.4, 0.5) is 0 Å². The van der Waals surface area contributed by atoms with Crippen molar-refractivity contribution >= 4 is 28.8 Å². The molecule has 116 valence electrons. The minimum Gasteiger partial charge on any atom is -0.507 e. The fraction of sp³-hybridized carbons (Fsp3) is 0.222. The van der Waals surface area contributed by atoms with Crippen LogP contribution in [0, 0.1) is 27.7 Å². The molecule has 0 aliphatic rings. The Morgan fingerprint density at radius 2 is 0.955 bits per heavy atom. The van der Waals surface area contributed by atoms with E-state index in [-0.39, 0.29) is 16.0 Å². The zero-order valence-electron chi connectivity index (χ0n) is 13.0. The number of hydrogen-bond donors (Lipinski definition) is 2. The van der Waals surface area contributed by atoms with Crippen LogP contribution in [0.5, 0.6) is 11.5 Å². The molecule has 0 radical (unpaired) electrons. The smallest absolute Gasteiger partial charge is 0.121 e. The Bertz CT molecular complexity index is 667. The van der Waals surface area contributed by atoms with E-state index in [1.807, 2.05) is 52.0 Å². The SMILES string of the molecule is Cc1cc(C(=C(Cl)Cl)c2cc(C)c(O)c(C)c2)cc(C)c1O. The van der Waals surface area contributed by atoms with E-state index < -0.39 is 0 Å². The topological polar surface area (TPSA) is 40.5 Å². The van der Waals surface area contributed by atoms with Crippen LogP contribution in [0.1, 0.15) is 33.4 Å². The molecule has 2 N–H and O–H groups in total. The number of hydrogen-bond acceptors (Lipinski definition) is 2. The van der Waals surface area contributed by atoms with E-state index in [9.17, 15) is 10.2 Å². The highest BCUT2D eigenvalue weighted by atomic mass is 35.5. The van der Waals surface area contributed by atoms with Crippen molar-refractivity contribution < 1.29 is 10.2 Å². The first-order chi connectivity index (χ1) is 10.2. The van der Waals surface area contributed by atoms with Crippen molar-refractivity contribution in [3.05, 3.63) is 62.1 Å². The maximum atomic E-state index is 9.93. The van der Waals surface area contributed by atoms with E-state index in [1.54, 1.807) is 0 Å². The van der Waals surface area contributed by atoms with Crippen molar-refractivity contribution in [3.63, 3.8) is 0 Å². The summed E-state index contributed by atoms with van der Waals surface area (Å²) in [5.41, 5.74) is 5.38. The number of benzene rings is 2. The second-order valence-electron chi connectivity index (χ2n) is 5.55. The average Bonchev–Trinajstić information content (AvgIpc) is 2.41. The quantitative estimate of drug-likeness (QED) is 0.757. The standard InChI is InChI=1S/C18H18Cl2O2/c1-9-5-13(6-10(2)16(9)21)15(18(19)20)14-7-11(3)17(22)12(4)8-14/h5-8,21-22H,1-4H3. The Balaban J connectivity index is 2.71. The Hall–Kier alpha value is -1.64. The molecule has 0 aliphatic heterocycles. The van der Waals surface area contributed by atoms with Gasteiger partial charge in [-0.15, -0.1) is 0 Å². The lowest BCUT2D eigenvalue weighted by atomic mass is 9.93. The Labute approximate surface area is 140 Å². The van der Waals surface area contributed by atoms with E-state index in [0.717, 1.165) is 33.4 Å². The fourth-order valence-corrected chi connectivity index (χ4v) is 3.02. The number of aryl methyl sites for hydroxylation is 4. The second kappa shape index (κ2) is 6.23. The van der Waals surface area contributed by atoms with Crippen LogP contribution in [0.15, 0.2) is 28.8 Å². The number of halogens is 2. The molecule has 0 atom stereocenters. The summed E-state index contributed by atoms with van der Waals surface area (Å²) in [5, 5.41) is 19.9. The minimum atomic E-state index is 0.147. The molecule has 0 fully saturated rings. The van der Waals surface area contributed by atoms with Crippen molar-refractivity contribution in [2.45, 2.75) is 27.7 Å². The van der Waals surface area contributed by atoms with Crippen LogP contribution in [0.25, 0.3) is 5.57 Å². The summed E-state index contributed by atoms with van der Waals surface area (Å²) in [6, 6.07) is 7.39. The normalized spacial score (nSPS) is 10.6. The first-order valence-corrected chi connectivity index (χ1v) is 7.64. The summed E-state index contributed by atoms with van der Waals surface area (Å²) in [6.07, 6.45) is 0. The van der Waals surface area contributed by atoms with E-state index >= 15 is 0 Å². The van der Waals surface area contributed by atoms with Gasteiger partial charge in [-0.2, -0.15) is 0 Å². The van der Waals surface area contributed by atoms with Gasteiger partial charge < -0.3 is 10.2 Å². The lowest BCUT2D eigenvalue weighted by Crippen LogP contribution is -1.94. The third-order valence-corrected chi connectivity index (χ3v) is 4.13. The Morgan fingerprint density at radius 3 is 1.18 bits per heavy atom. The van der Waals surface area contributed by atoms with Crippen LogP contribution in [-0.4, -0.2) is 10.2 Å². The maximum Gasteiger partial charge on any atom is 0.121 e. The highest BCUT2D eigenvalue weighted by molar-refractivity contribution is 6.59. The van der Waals surface area contributed by atoms with Crippen LogP contribution >= 0.6 is 23.2 Å². The number of rotatable bonds is 2. The molecule has 0 bridgehead atoms. The summed E-state index contributed by atoms with van der Waals surface area (Å²) in [6.45, 7) is 7.33. The van der Waals surface area contributed by atoms with Gasteiger partial charge in [0, 0.05) is 5.57 Å². The van der Waals surface area contributed by atoms with Crippen molar-refractivity contribution in [2.75, 3.05) is 0 Å². The molecule has 0 saturated heterocycles. The van der Waals surface area contributed by atoms with Gasteiger partial charge in [-0.3, -0.25) is 0 Å². The van der Waals surface area contributed by atoms with Gasteiger partial charge in [-0.25, -0.2) is 0 Å². The molecular formula is C18H18Cl2O2. The predicted octanol–water partition coefficient (Wildman–Crippen LogP) is 5.53. The van der Waals surface area contributed by atoms with Gasteiger partial charge in [0.2, 0.25) is 0 Å². The molecule has 0 unspecified atom stereocenters. The number of aromatic hydroxyl groups is 2. The summed E-state index contributed by atoms with van der Waals surface area (Å²) >= 11 is 12.2. The molecular weight excluding hydrogens is 319 g/mol. The Kier molecular flexibility index (Phi) is 4.74. The van der Waals surface area contributed by atoms with Crippen molar-refractivity contribution in [1.29, 1.82) is 0 Å². The van der Waals surface area contributed by atoms with Gasteiger partial charge in [-0.05, 0) is 85.3 Å². The van der Waals surface area contributed by atoms with E-state index in [0.29, 0.717) is 5.57 Å². The molecule has 2 rings (SSSR count). The first-order valence-electron chi connectivity index (χ1n) is 6.88. The van der Waals surface area contributed by atoms with Crippen molar-refractivity contribution in [2.24, 2.45) is 0 Å². The van der Waals surface area contributed by atoms with Crippen LogP contribution in [0.2, 0.25) is 0 Å². The number of phenols is 2. The van der Waals surface area contributed by atoms with Crippen LogP contribution in [0.3, 0.4) is 0 Å². The molecule has 2 nitrogen and oxygen atoms in total. The molecule has 4 heteroatoms. The third kappa shape index (κ3) is 3.08. The highest BCUT2D eigenvalue weighted by Gasteiger charge is 2.15. The van der Waals surface area contributed by atoms with E-state index in [2.05, 4.69) is 0 Å². The van der Waals surface area contributed by atoms with Gasteiger partial charge in [-0.1, -0.05) is 23.2 Å². The van der Waals surface area contributed by atoms with Crippen LogP contribution in [-0.2, 0) is 0 Å². The largest absolute Gasteiger partial charge is 0.507 e. The zero-order valence-corrected chi connectivity index (χ0v) is 14.5. The monoisotopic (exact) mass is 336 g/mol. The maximum absolute atomic E-state index is 9.93. The molecule has 0 spiro atoms. The van der Waals surface area contributed by atoms with Crippen molar-refractivity contribution in [1.82, 2.24) is 0 Å². The van der Waals surface area contributed by atoms with E-state index in [1.165, 1.54) is 0 Å². The molecule has 0 amide bonds. The minimum absolute atomic E-state index is 0.147. The molecule has 2 aromatic rings. The average molecular weight is 337 g/mol. The summed E-state index contributed by atoms with van der Waals surface area (Å²) in [4.78, 5) is 0. The molecule has 0 aliphatic carbocycles. The highest BCUT2D eigenvalue weighted by Crippen LogP contribution is 2.37. The van der Waals surface area contributed by atoms with Gasteiger partial charge in [0.1, 0.15) is 16.0 Å².